The van der Waals surface area contributed by atoms with Crippen molar-refractivity contribution in [3.63, 3.8) is 0 Å². The van der Waals surface area contributed by atoms with Gasteiger partial charge in [-0.3, -0.25) is 9.59 Å². The molecule has 0 heterocycles. The second-order valence-corrected chi connectivity index (χ2v) is 7.38. The molecule has 1 saturated carbocycles. The van der Waals surface area contributed by atoms with E-state index in [-0.39, 0.29) is 0 Å². The molecule has 1 atom stereocenters. The van der Waals surface area contributed by atoms with Crippen molar-refractivity contribution < 1.29 is 14.7 Å². The van der Waals surface area contributed by atoms with E-state index in [1.807, 2.05) is 42.5 Å². The Morgan fingerprint density at radius 3 is 2.00 bits per heavy atom. The number of carboxylic acids is 1. The van der Waals surface area contributed by atoms with Crippen LogP contribution in [-0.2, 0) is 4.79 Å². The molecule has 6 heteroatoms. The number of nitrogens with two attached hydrogens (primary N) is 3. The highest BCUT2D eigenvalue weighted by Gasteiger charge is 2.09. The molecule has 0 aromatic heterocycles. The molecule has 0 radical (unpaired) electrons. The number of benzene rings is 2. The van der Waals surface area contributed by atoms with E-state index in [0.717, 1.165) is 11.8 Å². The fourth-order valence-corrected chi connectivity index (χ4v) is 2.98. The van der Waals surface area contributed by atoms with E-state index in [2.05, 4.69) is 12.1 Å². The van der Waals surface area contributed by atoms with Crippen molar-refractivity contribution in [3.8, 4) is 11.1 Å². The summed E-state index contributed by atoms with van der Waals surface area (Å²) in [6, 6.07) is 17.5. The maximum atomic E-state index is 10.5. The Bertz CT molecular complexity index is 714. The summed E-state index contributed by atoms with van der Waals surface area (Å²) in [5, 5.41) is 8.24. The van der Waals surface area contributed by atoms with Crippen molar-refractivity contribution in [1.29, 1.82) is 0 Å². The third-order valence-corrected chi connectivity index (χ3v) is 4.84. The van der Waals surface area contributed by atoms with Gasteiger partial charge in [-0.2, -0.15) is 0 Å². The zero-order valence-corrected chi connectivity index (χ0v) is 17.6. The molecule has 1 fully saturated rings. The fraction of sp³-hybridized carbons (Fsp3) is 0.417. The summed E-state index contributed by atoms with van der Waals surface area (Å²) in [4.78, 5) is 20.5. The van der Waals surface area contributed by atoms with Crippen LogP contribution in [0.4, 0.5) is 0 Å². The number of rotatable bonds is 6. The van der Waals surface area contributed by atoms with Crippen molar-refractivity contribution in [1.82, 2.24) is 0 Å². The van der Waals surface area contributed by atoms with E-state index < -0.39 is 12.0 Å². The average Bonchev–Trinajstić information content (AvgIpc) is 2.79. The summed E-state index contributed by atoms with van der Waals surface area (Å²) in [5.74, 6) is -0.955. The highest BCUT2D eigenvalue weighted by Crippen LogP contribution is 2.18. The van der Waals surface area contributed by atoms with Crippen molar-refractivity contribution in [3.05, 3.63) is 60.2 Å². The Kier molecular flexibility index (Phi) is 13.0. The molecule has 0 saturated heterocycles. The van der Waals surface area contributed by atoms with E-state index in [1.165, 1.54) is 37.7 Å². The van der Waals surface area contributed by atoms with Crippen molar-refractivity contribution in [2.24, 2.45) is 17.2 Å². The number of hydrogen-bond acceptors (Lipinski definition) is 5. The lowest BCUT2D eigenvalue weighted by Crippen LogP contribution is -2.30. The van der Waals surface area contributed by atoms with Gasteiger partial charge in [0.2, 0.25) is 0 Å². The monoisotopic (exact) mass is 413 g/mol. The predicted molar refractivity (Wildman–Crippen MR) is 122 cm³/mol. The van der Waals surface area contributed by atoms with E-state index in [4.69, 9.17) is 22.3 Å². The Hall–Kier alpha value is -2.54. The summed E-state index contributed by atoms with van der Waals surface area (Å²) < 4.78 is 0. The zero-order chi connectivity index (χ0) is 22.2. The molecule has 7 N–H and O–H groups in total. The largest absolute Gasteiger partial charge is 0.480 e. The topological polar surface area (TPSA) is 132 Å². The van der Waals surface area contributed by atoms with Gasteiger partial charge >= 0.3 is 5.97 Å². The fourth-order valence-electron chi connectivity index (χ4n) is 2.98. The van der Waals surface area contributed by atoms with Gasteiger partial charge in [-0.15, -0.1) is 0 Å². The highest BCUT2D eigenvalue weighted by atomic mass is 16.4. The molecule has 1 aliphatic carbocycles. The summed E-state index contributed by atoms with van der Waals surface area (Å²) in [5.41, 5.74) is 18.9. The molecule has 1 aliphatic rings. The summed E-state index contributed by atoms with van der Waals surface area (Å²) in [7, 11) is 0. The molecule has 0 bridgehead atoms. The normalized spacial score (nSPS) is 14.4. The zero-order valence-electron chi connectivity index (χ0n) is 17.6. The maximum absolute atomic E-state index is 10.5. The third-order valence-electron chi connectivity index (χ3n) is 4.84. The van der Waals surface area contributed by atoms with Gasteiger partial charge in [0.1, 0.15) is 12.3 Å². The summed E-state index contributed by atoms with van der Waals surface area (Å²) in [6.07, 6.45) is 8.66. The van der Waals surface area contributed by atoms with Crippen molar-refractivity contribution in [2.45, 2.75) is 57.0 Å². The van der Waals surface area contributed by atoms with Crippen LogP contribution >= 0.6 is 0 Å². The summed E-state index contributed by atoms with van der Waals surface area (Å²) >= 11 is 0. The smallest absolute Gasteiger partial charge is 0.320 e. The Morgan fingerprint density at radius 2 is 1.57 bits per heavy atom. The van der Waals surface area contributed by atoms with Crippen molar-refractivity contribution in [2.75, 3.05) is 6.54 Å². The third kappa shape index (κ3) is 10.9. The van der Waals surface area contributed by atoms with Gasteiger partial charge in [-0.05, 0) is 43.4 Å². The molecule has 6 nitrogen and oxygen atoms in total. The lowest BCUT2D eigenvalue weighted by molar-refractivity contribution is -0.138. The van der Waals surface area contributed by atoms with Crippen LogP contribution in [0.15, 0.2) is 54.6 Å². The Morgan fingerprint density at radius 1 is 1.00 bits per heavy atom. The lowest BCUT2D eigenvalue weighted by atomic mass is 9.97. The average molecular weight is 414 g/mol. The van der Waals surface area contributed by atoms with Gasteiger partial charge in [-0.25, -0.2) is 0 Å². The quantitative estimate of drug-likeness (QED) is 0.535. The van der Waals surface area contributed by atoms with Crippen LogP contribution in [0.2, 0.25) is 0 Å². The number of carboxylic acid groups (broad SMARTS) is 1. The first-order valence-electron chi connectivity index (χ1n) is 10.5. The molecule has 0 spiro atoms. The molecular formula is C24H35N3O3. The minimum absolute atomic E-state index is 0.464. The standard InChI is InChI=1S/C13H10O.C6H13N.C5H12N2O2/c14-10-11-6-8-13(9-7-11)12-4-2-1-3-5-12;7-6-4-2-1-3-5-6;6-3-1-2-4(7)5(8)9/h1-10H;6H,1-5,7H2;4H,1-3,6-7H2,(H,8,9)/t;;4-/m..0/s1. The first-order chi connectivity index (χ1) is 14.5. The molecular weight excluding hydrogens is 378 g/mol. The number of aldehydes is 1. The van der Waals surface area contributed by atoms with E-state index >= 15 is 0 Å². The van der Waals surface area contributed by atoms with Crippen LogP contribution in [0, 0.1) is 0 Å². The molecule has 164 valence electrons. The summed E-state index contributed by atoms with van der Waals surface area (Å²) in [6.45, 7) is 0.501. The van der Waals surface area contributed by atoms with Crippen LogP contribution in [0.5, 0.6) is 0 Å². The van der Waals surface area contributed by atoms with Crippen molar-refractivity contribution >= 4 is 12.3 Å². The van der Waals surface area contributed by atoms with Crippen LogP contribution in [0.3, 0.4) is 0 Å². The van der Waals surface area contributed by atoms with Gasteiger partial charge in [0, 0.05) is 11.6 Å². The Balaban J connectivity index is 0.000000243. The molecule has 0 aliphatic heterocycles. The second-order valence-electron chi connectivity index (χ2n) is 7.38. The van der Waals surface area contributed by atoms with Gasteiger partial charge in [0.25, 0.3) is 0 Å². The molecule has 2 aromatic carbocycles. The highest BCUT2D eigenvalue weighted by molar-refractivity contribution is 5.76. The number of carbonyl (C=O) groups is 2. The van der Waals surface area contributed by atoms with Crippen LogP contribution < -0.4 is 17.2 Å². The van der Waals surface area contributed by atoms with E-state index in [9.17, 15) is 9.59 Å². The maximum Gasteiger partial charge on any atom is 0.320 e. The van der Waals surface area contributed by atoms with Crippen LogP contribution in [0.25, 0.3) is 11.1 Å². The minimum atomic E-state index is -0.955. The molecule has 30 heavy (non-hydrogen) atoms. The van der Waals surface area contributed by atoms with Gasteiger partial charge in [0.05, 0.1) is 0 Å². The number of carbonyl (C=O) groups excluding carboxylic acids is 1. The number of aliphatic carboxylic acids is 1. The molecule has 2 aromatic rings. The Labute approximate surface area is 179 Å². The second kappa shape index (κ2) is 15.3. The van der Waals surface area contributed by atoms with Gasteiger partial charge < -0.3 is 22.3 Å². The van der Waals surface area contributed by atoms with Crippen LogP contribution in [0.1, 0.15) is 55.3 Å². The van der Waals surface area contributed by atoms with Gasteiger partial charge in [0.15, 0.2) is 0 Å². The van der Waals surface area contributed by atoms with E-state index in [1.54, 1.807) is 0 Å². The van der Waals surface area contributed by atoms with Gasteiger partial charge in [-0.1, -0.05) is 73.9 Å². The number of hydrogen-bond donors (Lipinski definition) is 4. The minimum Gasteiger partial charge on any atom is -0.480 e. The first-order valence-corrected chi connectivity index (χ1v) is 10.5. The molecule has 0 amide bonds. The predicted octanol–water partition coefficient (Wildman–Crippen LogP) is 3.58. The SMILES string of the molecule is NC1CCCCC1.NCCC[C@H](N)C(=O)O.O=Cc1ccc(-c2ccccc2)cc1. The first kappa shape index (κ1) is 25.5. The lowest BCUT2D eigenvalue weighted by Gasteiger charge is -2.15. The molecule has 0 unspecified atom stereocenters. The van der Waals surface area contributed by atoms with E-state index in [0.29, 0.717) is 31.0 Å². The van der Waals surface area contributed by atoms with Crippen LogP contribution in [-0.4, -0.2) is 36.0 Å². The molecule has 3 rings (SSSR count).